The van der Waals surface area contributed by atoms with Gasteiger partial charge in [0.1, 0.15) is 16.8 Å². The van der Waals surface area contributed by atoms with E-state index in [0.29, 0.717) is 11.1 Å². The fourth-order valence-corrected chi connectivity index (χ4v) is 2.58. The van der Waals surface area contributed by atoms with Crippen LogP contribution in [0.15, 0.2) is 6.07 Å². The van der Waals surface area contributed by atoms with Gasteiger partial charge in [-0.25, -0.2) is 9.97 Å². The second-order valence-corrected chi connectivity index (χ2v) is 5.27. The first-order valence-electron chi connectivity index (χ1n) is 6.64. The summed E-state index contributed by atoms with van der Waals surface area (Å²) < 4.78 is 0. The lowest BCUT2D eigenvalue weighted by Crippen LogP contribution is -2.22. The van der Waals surface area contributed by atoms with Crippen molar-refractivity contribution in [2.75, 3.05) is 11.9 Å². The van der Waals surface area contributed by atoms with Crippen molar-refractivity contribution in [1.82, 2.24) is 9.97 Å². The molecule has 0 aliphatic heterocycles. The molecule has 0 radical (unpaired) electrons. The molecule has 0 amide bonds. The number of halogens is 1. The predicted octanol–water partition coefficient (Wildman–Crippen LogP) is 2.66. The minimum Gasteiger partial charge on any atom is -0.393 e. The van der Waals surface area contributed by atoms with Gasteiger partial charge in [-0.05, 0) is 19.3 Å². The summed E-state index contributed by atoms with van der Waals surface area (Å²) >= 11 is 5.97. The maximum absolute atomic E-state index is 9.76. The van der Waals surface area contributed by atoms with Gasteiger partial charge in [-0.1, -0.05) is 24.9 Å². The number of nitrogens with zero attached hydrogens (tertiary/aromatic N) is 2. The van der Waals surface area contributed by atoms with E-state index in [1.165, 1.54) is 0 Å². The molecule has 2 rings (SSSR count). The lowest BCUT2D eigenvalue weighted by Gasteiger charge is -2.15. The Morgan fingerprint density at radius 2 is 2.28 bits per heavy atom. The van der Waals surface area contributed by atoms with Crippen LogP contribution in [0.3, 0.4) is 0 Å². The standard InChI is InChI=1S/C13H20ClN3O/c1-2-4-12-16-11(14)7-13(17-12)15-8-9-5-3-6-10(9)18/h7,9-10,18H,2-6,8H2,1H3,(H,15,16,17). The van der Waals surface area contributed by atoms with Crippen molar-refractivity contribution in [1.29, 1.82) is 0 Å². The number of aryl methyl sites for hydroxylation is 1. The largest absolute Gasteiger partial charge is 0.393 e. The smallest absolute Gasteiger partial charge is 0.134 e. The monoisotopic (exact) mass is 269 g/mol. The highest BCUT2D eigenvalue weighted by Gasteiger charge is 2.24. The Kier molecular flexibility index (Phi) is 4.78. The molecule has 5 heteroatoms. The van der Waals surface area contributed by atoms with Gasteiger partial charge in [-0.2, -0.15) is 0 Å². The molecule has 100 valence electrons. The zero-order valence-electron chi connectivity index (χ0n) is 10.7. The quantitative estimate of drug-likeness (QED) is 0.807. The van der Waals surface area contributed by atoms with Gasteiger partial charge in [-0.15, -0.1) is 0 Å². The second kappa shape index (κ2) is 6.34. The lowest BCUT2D eigenvalue weighted by molar-refractivity contribution is 0.138. The fraction of sp³-hybridized carbons (Fsp3) is 0.692. The zero-order valence-corrected chi connectivity index (χ0v) is 11.5. The molecule has 0 aromatic carbocycles. The third kappa shape index (κ3) is 3.56. The topological polar surface area (TPSA) is 58.0 Å². The van der Waals surface area contributed by atoms with Crippen LogP contribution in [0.1, 0.15) is 38.4 Å². The number of anilines is 1. The van der Waals surface area contributed by atoms with Crippen LogP contribution < -0.4 is 5.32 Å². The van der Waals surface area contributed by atoms with E-state index in [2.05, 4.69) is 22.2 Å². The van der Waals surface area contributed by atoms with Crippen molar-refractivity contribution < 1.29 is 5.11 Å². The summed E-state index contributed by atoms with van der Waals surface area (Å²) in [5.41, 5.74) is 0. The van der Waals surface area contributed by atoms with Crippen molar-refractivity contribution >= 4 is 17.4 Å². The first kappa shape index (κ1) is 13.6. The Hall–Kier alpha value is -0.870. The average molecular weight is 270 g/mol. The summed E-state index contributed by atoms with van der Waals surface area (Å²) in [7, 11) is 0. The van der Waals surface area contributed by atoms with E-state index >= 15 is 0 Å². The number of aliphatic hydroxyl groups excluding tert-OH is 1. The van der Waals surface area contributed by atoms with Gasteiger partial charge < -0.3 is 10.4 Å². The van der Waals surface area contributed by atoms with Crippen LogP contribution in [0.5, 0.6) is 0 Å². The first-order chi connectivity index (χ1) is 8.69. The summed E-state index contributed by atoms with van der Waals surface area (Å²) in [6.45, 7) is 2.84. The van der Waals surface area contributed by atoms with E-state index in [1.54, 1.807) is 6.07 Å². The Labute approximate surface area is 113 Å². The van der Waals surface area contributed by atoms with Gasteiger partial charge in [-0.3, -0.25) is 0 Å². The Balaban J connectivity index is 1.95. The van der Waals surface area contributed by atoms with Crippen LogP contribution in [0, 0.1) is 5.92 Å². The summed E-state index contributed by atoms with van der Waals surface area (Å²) in [6, 6.07) is 1.74. The molecule has 1 aliphatic carbocycles. The summed E-state index contributed by atoms with van der Waals surface area (Å²) in [6.07, 6.45) is 4.76. The van der Waals surface area contributed by atoms with Crippen LogP contribution in [0.4, 0.5) is 5.82 Å². The molecule has 2 N–H and O–H groups in total. The summed E-state index contributed by atoms with van der Waals surface area (Å²) in [4.78, 5) is 8.60. The molecule has 1 aromatic heterocycles. The van der Waals surface area contributed by atoms with Crippen molar-refractivity contribution in [3.63, 3.8) is 0 Å². The second-order valence-electron chi connectivity index (χ2n) is 4.88. The molecule has 0 bridgehead atoms. The predicted molar refractivity (Wildman–Crippen MR) is 72.9 cm³/mol. The van der Waals surface area contributed by atoms with Gasteiger partial charge in [0.25, 0.3) is 0 Å². The Bertz CT molecular complexity index is 400. The zero-order chi connectivity index (χ0) is 13.0. The molecule has 0 spiro atoms. The van der Waals surface area contributed by atoms with Gasteiger partial charge in [0, 0.05) is 24.9 Å². The van der Waals surface area contributed by atoms with Gasteiger partial charge >= 0.3 is 0 Å². The normalized spacial score (nSPS) is 23.3. The van der Waals surface area contributed by atoms with Crippen molar-refractivity contribution in [2.45, 2.75) is 45.1 Å². The fourth-order valence-electron chi connectivity index (χ4n) is 2.38. The molecule has 1 heterocycles. The molecule has 4 nitrogen and oxygen atoms in total. The number of aromatic nitrogens is 2. The molecule has 0 saturated heterocycles. The SMILES string of the molecule is CCCc1nc(Cl)cc(NCC2CCCC2O)n1. The first-order valence-corrected chi connectivity index (χ1v) is 7.02. The van der Waals surface area contributed by atoms with Gasteiger partial charge in [0.05, 0.1) is 6.10 Å². The van der Waals surface area contributed by atoms with E-state index in [9.17, 15) is 5.11 Å². The van der Waals surface area contributed by atoms with Crippen LogP contribution in [0.25, 0.3) is 0 Å². The third-order valence-electron chi connectivity index (χ3n) is 3.38. The van der Waals surface area contributed by atoms with Crippen molar-refractivity contribution in [3.05, 3.63) is 17.0 Å². The molecule has 2 atom stereocenters. The Morgan fingerprint density at radius 1 is 1.44 bits per heavy atom. The number of nitrogens with one attached hydrogen (secondary N) is 1. The maximum atomic E-state index is 9.76. The Morgan fingerprint density at radius 3 is 2.94 bits per heavy atom. The van der Waals surface area contributed by atoms with E-state index in [0.717, 1.165) is 50.3 Å². The number of aliphatic hydroxyl groups is 1. The third-order valence-corrected chi connectivity index (χ3v) is 3.57. The minimum atomic E-state index is -0.176. The highest BCUT2D eigenvalue weighted by atomic mass is 35.5. The van der Waals surface area contributed by atoms with Crippen LogP contribution in [-0.4, -0.2) is 27.7 Å². The van der Waals surface area contributed by atoms with Crippen LogP contribution >= 0.6 is 11.6 Å². The molecule has 1 aromatic rings. The van der Waals surface area contributed by atoms with Crippen molar-refractivity contribution in [3.8, 4) is 0 Å². The molecule has 1 aliphatic rings. The van der Waals surface area contributed by atoms with E-state index in [1.807, 2.05) is 0 Å². The number of hydrogen-bond acceptors (Lipinski definition) is 4. The maximum Gasteiger partial charge on any atom is 0.134 e. The summed E-state index contributed by atoms with van der Waals surface area (Å²) in [5.74, 6) is 1.87. The van der Waals surface area contributed by atoms with Crippen molar-refractivity contribution in [2.24, 2.45) is 5.92 Å². The van der Waals surface area contributed by atoms with Gasteiger partial charge in [0.15, 0.2) is 0 Å². The molecule has 1 saturated carbocycles. The highest BCUT2D eigenvalue weighted by molar-refractivity contribution is 6.29. The van der Waals surface area contributed by atoms with Crippen LogP contribution in [0.2, 0.25) is 5.15 Å². The van der Waals surface area contributed by atoms with E-state index in [4.69, 9.17) is 11.6 Å². The van der Waals surface area contributed by atoms with E-state index < -0.39 is 0 Å². The highest BCUT2D eigenvalue weighted by Crippen LogP contribution is 2.25. The molecule has 18 heavy (non-hydrogen) atoms. The lowest BCUT2D eigenvalue weighted by atomic mass is 10.1. The van der Waals surface area contributed by atoms with E-state index in [-0.39, 0.29) is 6.10 Å². The molecule has 2 unspecified atom stereocenters. The molecule has 1 fully saturated rings. The van der Waals surface area contributed by atoms with Crippen LogP contribution in [-0.2, 0) is 6.42 Å². The van der Waals surface area contributed by atoms with Gasteiger partial charge in [0.2, 0.25) is 0 Å². The molecular formula is C13H20ClN3O. The minimum absolute atomic E-state index is 0.176. The number of hydrogen-bond donors (Lipinski definition) is 2. The number of rotatable bonds is 5. The summed E-state index contributed by atoms with van der Waals surface area (Å²) in [5, 5.41) is 13.5. The average Bonchev–Trinajstić information content (AvgIpc) is 2.72. The molecular weight excluding hydrogens is 250 g/mol.